The van der Waals surface area contributed by atoms with Crippen molar-refractivity contribution >= 4 is 5.91 Å². The zero-order valence-corrected chi connectivity index (χ0v) is 9.57. The molecule has 1 aliphatic rings. The van der Waals surface area contributed by atoms with E-state index in [1.165, 1.54) is 0 Å². The molecule has 1 atom stereocenters. The number of halogens is 3. The molecule has 1 saturated heterocycles. The van der Waals surface area contributed by atoms with Crippen LogP contribution < -0.4 is 5.32 Å². The Morgan fingerprint density at radius 3 is 2.56 bits per heavy atom. The maximum atomic E-state index is 12.4. The average Bonchev–Trinajstić information content (AvgIpc) is 2.38. The fraction of sp³-hybridized carbons (Fsp3) is 0.417. The molecule has 1 amide bonds. The van der Waals surface area contributed by atoms with Gasteiger partial charge in [-0.1, -0.05) is 30.3 Å². The van der Waals surface area contributed by atoms with E-state index in [-0.39, 0.29) is 19.1 Å². The molecule has 0 saturated carbocycles. The molecular weight excluding hydrogens is 245 g/mol. The molecule has 0 radical (unpaired) electrons. The van der Waals surface area contributed by atoms with E-state index in [9.17, 15) is 18.0 Å². The summed E-state index contributed by atoms with van der Waals surface area (Å²) in [7, 11) is 0. The second-order valence-electron chi connectivity index (χ2n) is 4.17. The first-order valence-electron chi connectivity index (χ1n) is 5.63. The second kappa shape index (κ2) is 4.97. The Morgan fingerprint density at radius 2 is 1.94 bits per heavy atom. The SMILES string of the molecule is O=C(N1CCNC(c2ccccc2)C1)C(F)(F)F. The molecule has 1 aliphatic heterocycles. The molecule has 0 bridgehead atoms. The fourth-order valence-electron chi connectivity index (χ4n) is 2.02. The number of alkyl halides is 3. The number of benzene rings is 1. The number of nitrogens with one attached hydrogen (secondary N) is 1. The zero-order valence-electron chi connectivity index (χ0n) is 9.57. The maximum Gasteiger partial charge on any atom is 0.471 e. The highest BCUT2D eigenvalue weighted by molar-refractivity contribution is 5.82. The van der Waals surface area contributed by atoms with Gasteiger partial charge in [-0.3, -0.25) is 4.79 Å². The molecule has 98 valence electrons. The highest BCUT2D eigenvalue weighted by Gasteiger charge is 2.43. The highest BCUT2D eigenvalue weighted by atomic mass is 19.4. The van der Waals surface area contributed by atoms with E-state index in [2.05, 4.69) is 5.32 Å². The van der Waals surface area contributed by atoms with Crippen LogP contribution in [0.15, 0.2) is 30.3 Å². The molecule has 0 aliphatic carbocycles. The number of nitrogens with zero attached hydrogens (tertiary/aromatic N) is 1. The second-order valence-corrected chi connectivity index (χ2v) is 4.17. The summed E-state index contributed by atoms with van der Waals surface area (Å²) >= 11 is 0. The monoisotopic (exact) mass is 258 g/mol. The maximum absolute atomic E-state index is 12.4. The van der Waals surface area contributed by atoms with Crippen molar-refractivity contribution in [3.8, 4) is 0 Å². The number of hydrogen-bond acceptors (Lipinski definition) is 2. The van der Waals surface area contributed by atoms with Crippen molar-refractivity contribution < 1.29 is 18.0 Å². The van der Waals surface area contributed by atoms with Gasteiger partial charge in [0.05, 0.1) is 0 Å². The normalized spacial score (nSPS) is 20.8. The van der Waals surface area contributed by atoms with Crippen molar-refractivity contribution in [1.29, 1.82) is 0 Å². The van der Waals surface area contributed by atoms with E-state index < -0.39 is 12.1 Å². The first kappa shape index (κ1) is 12.9. The molecule has 1 fully saturated rings. The molecule has 1 aromatic carbocycles. The van der Waals surface area contributed by atoms with Crippen molar-refractivity contribution in [2.45, 2.75) is 12.2 Å². The average molecular weight is 258 g/mol. The van der Waals surface area contributed by atoms with E-state index in [4.69, 9.17) is 0 Å². The smallest absolute Gasteiger partial charge is 0.332 e. The van der Waals surface area contributed by atoms with E-state index in [0.717, 1.165) is 10.5 Å². The summed E-state index contributed by atoms with van der Waals surface area (Å²) in [5, 5.41) is 3.11. The minimum Gasteiger partial charge on any atom is -0.332 e. The van der Waals surface area contributed by atoms with Crippen molar-refractivity contribution in [3.63, 3.8) is 0 Å². The van der Waals surface area contributed by atoms with Crippen LogP contribution >= 0.6 is 0 Å². The Bertz CT molecular complexity index is 419. The zero-order chi connectivity index (χ0) is 13.2. The third-order valence-corrected chi connectivity index (χ3v) is 2.91. The largest absolute Gasteiger partial charge is 0.471 e. The van der Waals surface area contributed by atoms with Crippen LogP contribution in [0.1, 0.15) is 11.6 Å². The summed E-state index contributed by atoms with van der Waals surface area (Å²) in [6, 6.07) is 8.90. The van der Waals surface area contributed by atoms with Gasteiger partial charge < -0.3 is 10.2 Å². The van der Waals surface area contributed by atoms with Gasteiger partial charge in [-0.2, -0.15) is 13.2 Å². The number of piperazine rings is 1. The number of carbonyl (C=O) groups excluding carboxylic acids is 1. The molecule has 1 N–H and O–H groups in total. The van der Waals surface area contributed by atoms with Gasteiger partial charge in [0.25, 0.3) is 0 Å². The molecule has 1 aromatic rings. The molecule has 0 aromatic heterocycles. The third kappa shape index (κ3) is 2.81. The summed E-state index contributed by atoms with van der Waals surface area (Å²) in [5.74, 6) is -1.76. The van der Waals surface area contributed by atoms with Crippen LogP contribution in [0.5, 0.6) is 0 Å². The Morgan fingerprint density at radius 1 is 1.28 bits per heavy atom. The van der Waals surface area contributed by atoms with E-state index in [1.807, 2.05) is 30.3 Å². The van der Waals surface area contributed by atoms with E-state index >= 15 is 0 Å². The van der Waals surface area contributed by atoms with Crippen molar-refractivity contribution in [2.75, 3.05) is 19.6 Å². The summed E-state index contributed by atoms with van der Waals surface area (Å²) in [6.07, 6.45) is -4.79. The van der Waals surface area contributed by atoms with Crippen molar-refractivity contribution in [1.82, 2.24) is 10.2 Å². The van der Waals surface area contributed by atoms with Crippen LogP contribution in [0, 0.1) is 0 Å². The fourth-order valence-corrected chi connectivity index (χ4v) is 2.02. The van der Waals surface area contributed by atoms with Crippen molar-refractivity contribution in [3.05, 3.63) is 35.9 Å². The Balaban J connectivity index is 2.08. The Kier molecular flexibility index (Phi) is 3.56. The molecule has 1 heterocycles. The first-order valence-corrected chi connectivity index (χ1v) is 5.63. The summed E-state index contributed by atoms with van der Waals surface area (Å²) in [4.78, 5) is 12.0. The van der Waals surface area contributed by atoms with Crippen LogP contribution in [0.4, 0.5) is 13.2 Å². The van der Waals surface area contributed by atoms with Gasteiger partial charge in [0.15, 0.2) is 0 Å². The summed E-state index contributed by atoms with van der Waals surface area (Å²) in [5.41, 5.74) is 0.886. The van der Waals surface area contributed by atoms with Crippen LogP contribution in [0.2, 0.25) is 0 Å². The van der Waals surface area contributed by atoms with E-state index in [1.54, 1.807) is 0 Å². The van der Waals surface area contributed by atoms with Crippen LogP contribution in [0.25, 0.3) is 0 Å². The lowest BCUT2D eigenvalue weighted by molar-refractivity contribution is -0.186. The van der Waals surface area contributed by atoms with Gasteiger partial charge in [0.2, 0.25) is 0 Å². The van der Waals surface area contributed by atoms with Crippen LogP contribution in [0.3, 0.4) is 0 Å². The predicted octanol–water partition coefficient (Wildman–Crippen LogP) is 1.72. The van der Waals surface area contributed by atoms with Gasteiger partial charge in [0, 0.05) is 25.7 Å². The van der Waals surface area contributed by atoms with E-state index in [0.29, 0.717) is 6.54 Å². The predicted molar refractivity (Wildman–Crippen MR) is 59.8 cm³/mol. The quantitative estimate of drug-likeness (QED) is 0.832. The standard InChI is InChI=1S/C12H13F3N2O/c13-12(14,15)11(18)17-7-6-16-10(8-17)9-4-2-1-3-5-9/h1-5,10,16H,6-8H2. The minimum atomic E-state index is -4.79. The lowest BCUT2D eigenvalue weighted by atomic mass is 10.0. The molecule has 1 unspecified atom stereocenters. The molecule has 6 heteroatoms. The Labute approximate surface area is 103 Å². The Hall–Kier alpha value is -1.56. The molecule has 2 rings (SSSR count). The van der Waals surface area contributed by atoms with Crippen molar-refractivity contribution in [2.24, 2.45) is 0 Å². The third-order valence-electron chi connectivity index (χ3n) is 2.91. The molecule has 0 spiro atoms. The lowest BCUT2D eigenvalue weighted by Gasteiger charge is -2.34. The number of hydrogen-bond donors (Lipinski definition) is 1. The van der Waals surface area contributed by atoms with Gasteiger partial charge in [-0.05, 0) is 5.56 Å². The molecule has 3 nitrogen and oxygen atoms in total. The van der Waals surface area contributed by atoms with Gasteiger partial charge in [-0.25, -0.2) is 0 Å². The van der Waals surface area contributed by atoms with Gasteiger partial charge >= 0.3 is 12.1 Å². The number of carbonyl (C=O) groups is 1. The lowest BCUT2D eigenvalue weighted by Crippen LogP contribution is -2.52. The highest BCUT2D eigenvalue weighted by Crippen LogP contribution is 2.23. The van der Waals surface area contributed by atoms with Crippen LogP contribution in [-0.2, 0) is 4.79 Å². The van der Waals surface area contributed by atoms with Crippen LogP contribution in [-0.4, -0.2) is 36.6 Å². The topological polar surface area (TPSA) is 32.3 Å². The first-order chi connectivity index (χ1) is 8.48. The minimum absolute atomic E-state index is 0.0440. The van der Waals surface area contributed by atoms with Gasteiger partial charge in [-0.15, -0.1) is 0 Å². The number of rotatable bonds is 1. The summed E-state index contributed by atoms with van der Waals surface area (Å²) in [6.45, 7) is 0.491. The molecule has 18 heavy (non-hydrogen) atoms. The number of amides is 1. The molecular formula is C12H13F3N2O. The van der Waals surface area contributed by atoms with Gasteiger partial charge in [0.1, 0.15) is 0 Å². The summed E-state index contributed by atoms with van der Waals surface area (Å²) < 4.78 is 37.1.